The van der Waals surface area contributed by atoms with Gasteiger partial charge in [0.25, 0.3) is 0 Å². The third kappa shape index (κ3) is 2.61. The number of rotatable bonds is 4. The highest BCUT2D eigenvalue weighted by Gasteiger charge is 2.44. The lowest BCUT2D eigenvalue weighted by molar-refractivity contribution is 0.158. The zero-order valence-electron chi connectivity index (χ0n) is 9.52. The fraction of sp³-hybridized carbons (Fsp3) is 0.455. The molecule has 0 saturated heterocycles. The molecule has 0 aliphatic carbocycles. The van der Waals surface area contributed by atoms with Gasteiger partial charge in [-0.25, -0.2) is 12.8 Å². The minimum Gasteiger partial charge on any atom is -0.385 e. The van der Waals surface area contributed by atoms with Crippen LogP contribution >= 0.6 is 11.6 Å². The number of aliphatic hydroxyl groups excluding tert-OH is 1. The molecule has 0 aliphatic rings. The Labute approximate surface area is 105 Å². The average Bonchev–Trinajstić information content (AvgIpc) is 2.28. The monoisotopic (exact) mass is 280 g/mol. The molecule has 0 unspecified atom stereocenters. The largest absolute Gasteiger partial charge is 0.385 e. The van der Waals surface area contributed by atoms with Gasteiger partial charge in [0, 0.05) is 11.3 Å². The van der Waals surface area contributed by atoms with E-state index < -0.39 is 26.0 Å². The molecular weight excluding hydrogens is 267 g/mol. The first-order chi connectivity index (χ1) is 7.74. The second-order valence-electron chi connectivity index (χ2n) is 3.81. The van der Waals surface area contributed by atoms with Gasteiger partial charge in [0.1, 0.15) is 11.9 Å². The van der Waals surface area contributed by atoms with Gasteiger partial charge in [-0.1, -0.05) is 36.7 Å². The standard InChI is InChI=1S/C11H14ClFO3S/c1-3-17(15,16)11(2,12)10(14)8-6-4-5-7-9(8)13/h4-7,10,14H,3H2,1-2H3/t10-,11-/m0/s1. The molecule has 3 nitrogen and oxygen atoms in total. The van der Waals surface area contributed by atoms with Crippen molar-refractivity contribution in [2.24, 2.45) is 0 Å². The smallest absolute Gasteiger partial charge is 0.172 e. The van der Waals surface area contributed by atoms with Gasteiger partial charge in [-0.15, -0.1) is 0 Å². The Morgan fingerprint density at radius 3 is 2.47 bits per heavy atom. The molecule has 0 radical (unpaired) electrons. The fourth-order valence-electron chi connectivity index (χ4n) is 1.43. The first-order valence-corrected chi connectivity index (χ1v) is 7.10. The van der Waals surface area contributed by atoms with E-state index >= 15 is 0 Å². The van der Waals surface area contributed by atoms with E-state index in [1.807, 2.05) is 0 Å². The second kappa shape index (κ2) is 4.92. The molecule has 0 fully saturated rings. The zero-order chi connectivity index (χ0) is 13.3. The highest BCUT2D eigenvalue weighted by Crippen LogP contribution is 2.37. The lowest BCUT2D eigenvalue weighted by Gasteiger charge is -2.27. The fourth-order valence-corrected chi connectivity index (χ4v) is 2.90. The van der Waals surface area contributed by atoms with E-state index in [0.29, 0.717) is 0 Å². The Hall–Kier alpha value is -0.650. The quantitative estimate of drug-likeness (QED) is 0.861. The lowest BCUT2D eigenvalue weighted by Crippen LogP contribution is -2.37. The van der Waals surface area contributed by atoms with Crippen LogP contribution in [0.15, 0.2) is 24.3 Å². The van der Waals surface area contributed by atoms with E-state index in [2.05, 4.69) is 0 Å². The van der Waals surface area contributed by atoms with Crippen LogP contribution in [-0.4, -0.2) is 23.5 Å². The zero-order valence-corrected chi connectivity index (χ0v) is 11.1. The molecular formula is C11H14ClFO3S. The Morgan fingerprint density at radius 2 is 2.00 bits per heavy atom. The molecule has 96 valence electrons. The van der Waals surface area contributed by atoms with E-state index in [-0.39, 0.29) is 11.3 Å². The highest BCUT2D eigenvalue weighted by atomic mass is 35.5. The van der Waals surface area contributed by atoms with Gasteiger partial charge in [0.15, 0.2) is 14.0 Å². The Morgan fingerprint density at radius 1 is 1.47 bits per heavy atom. The summed E-state index contributed by atoms with van der Waals surface area (Å²) in [5.74, 6) is -0.906. The van der Waals surface area contributed by atoms with Crippen LogP contribution in [0.2, 0.25) is 0 Å². The summed E-state index contributed by atoms with van der Waals surface area (Å²) in [6.45, 7) is 2.59. The summed E-state index contributed by atoms with van der Waals surface area (Å²) in [7, 11) is -3.71. The van der Waals surface area contributed by atoms with Crippen LogP contribution in [-0.2, 0) is 9.84 Å². The maximum absolute atomic E-state index is 13.4. The van der Waals surface area contributed by atoms with Gasteiger partial charge in [-0.05, 0) is 13.0 Å². The van der Waals surface area contributed by atoms with Crippen molar-refractivity contribution in [3.05, 3.63) is 35.6 Å². The van der Waals surface area contributed by atoms with Crippen LogP contribution in [0.1, 0.15) is 25.5 Å². The van der Waals surface area contributed by atoms with Gasteiger partial charge >= 0.3 is 0 Å². The van der Waals surface area contributed by atoms with Crippen molar-refractivity contribution in [1.29, 1.82) is 0 Å². The van der Waals surface area contributed by atoms with Gasteiger partial charge in [-0.3, -0.25) is 0 Å². The minimum atomic E-state index is -3.71. The molecule has 0 amide bonds. The Bertz CT molecular complexity index is 499. The first kappa shape index (κ1) is 14.4. The van der Waals surface area contributed by atoms with Gasteiger partial charge < -0.3 is 5.11 Å². The molecule has 1 aromatic rings. The third-order valence-corrected chi connectivity index (χ3v) is 5.79. The van der Waals surface area contributed by atoms with Crippen molar-refractivity contribution in [3.63, 3.8) is 0 Å². The van der Waals surface area contributed by atoms with Crippen molar-refractivity contribution < 1.29 is 17.9 Å². The van der Waals surface area contributed by atoms with Crippen LogP contribution in [0.25, 0.3) is 0 Å². The third-order valence-electron chi connectivity index (χ3n) is 2.68. The summed E-state index contributed by atoms with van der Waals surface area (Å²) in [5, 5.41) is 9.94. The molecule has 2 atom stereocenters. The minimum absolute atomic E-state index is 0.123. The normalized spacial score (nSPS) is 17.5. The van der Waals surface area contributed by atoms with Crippen LogP contribution in [0, 0.1) is 5.82 Å². The average molecular weight is 281 g/mol. The lowest BCUT2D eigenvalue weighted by atomic mass is 10.1. The van der Waals surface area contributed by atoms with Gasteiger partial charge in [-0.2, -0.15) is 0 Å². The predicted octanol–water partition coefficient (Wildman–Crippen LogP) is 2.25. The van der Waals surface area contributed by atoms with E-state index in [1.54, 1.807) is 0 Å². The number of hydrogen-bond donors (Lipinski definition) is 1. The van der Waals surface area contributed by atoms with E-state index in [4.69, 9.17) is 11.6 Å². The Kier molecular flexibility index (Phi) is 4.17. The van der Waals surface area contributed by atoms with Crippen molar-refractivity contribution in [2.45, 2.75) is 24.2 Å². The molecule has 0 heterocycles. The van der Waals surface area contributed by atoms with Crippen LogP contribution < -0.4 is 0 Å². The molecule has 1 rings (SSSR count). The van der Waals surface area contributed by atoms with E-state index in [0.717, 1.165) is 6.07 Å². The van der Waals surface area contributed by atoms with Gasteiger partial charge in [0.05, 0.1) is 0 Å². The van der Waals surface area contributed by atoms with Crippen LogP contribution in [0.4, 0.5) is 4.39 Å². The molecule has 0 bridgehead atoms. The summed E-state index contributed by atoms with van der Waals surface area (Å²) >= 11 is 5.88. The molecule has 1 aromatic carbocycles. The molecule has 1 N–H and O–H groups in total. The predicted molar refractivity (Wildman–Crippen MR) is 65.1 cm³/mol. The number of alkyl halides is 1. The summed E-state index contributed by atoms with van der Waals surface area (Å²) < 4.78 is 35.0. The second-order valence-corrected chi connectivity index (χ2v) is 7.48. The topological polar surface area (TPSA) is 54.4 Å². The SMILES string of the molecule is CCS(=O)(=O)[C@](C)(Cl)[C@@H](O)c1ccccc1F. The number of benzene rings is 1. The van der Waals surface area contributed by atoms with E-state index in [1.165, 1.54) is 32.0 Å². The summed E-state index contributed by atoms with van der Waals surface area (Å²) in [6, 6.07) is 5.41. The summed E-state index contributed by atoms with van der Waals surface area (Å²) in [6.07, 6.45) is -1.62. The molecule has 0 aromatic heterocycles. The number of hydrogen-bond acceptors (Lipinski definition) is 3. The van der Waals surface area contributed by atoms with Crippen molar-refractivity contribution in [1.82, 2.24) is 0 Å². The number of halogens is 2. The maximum Gasteiger partial charge on any atom is 0.172 e. The first-order valence-electron chi connectivity index (χ1n) is 5.07. The van der Waals surface area contributed by atoms with Crippen molar-refractivity contribution >= 4 is 21.4 Å². The van der Waals surface area contributed by atoms with Crippen molar-refractivity contribution in [3.8, 4) is 0 Å². The van der Waals surface area contributed by atoms with Crippen molar-refractivity contribution in [2.75, 3.05) is 5.75 Å². The van der Waals surface area contributed by atoms with Crippen LogP contribution in [0.3, 0.4) is 0 Å². The number of aliphatic hydroxyl groups is 1. The van der Waals surface area contributed by atoms with Gasteiger partial charge in [0.2, 0.25) is 0 Å². The molecule has 0 aliphatic heterocycles. The Balaban J connectivity index is 3.23. The maximum atomic E-state index is 13.4. The van der Waals surface area contributed by atoms with Crippen LogP contribution in [0.5, 0.6) is 0 Å². The molecule has 0 spiro atoms. The summed E-state index contributed by atoms with van der Waals surface area (Å²) in [5.41, 5.74) is -0.123. The molecule has 0 saturated carbocycles. The van der Waals surface area contributed by atoms with E-state index in [9.17, 15) is 17.9 Å². The number of sulfone groups is 1. The highest BCUT2D eigenvalue weighted by molar-refractivity contribution is 7.94. The molecule has 6 heteroatoms. The molecule has 17 heavy (non-hydrogen) atoms. The summed E-state index contributed by atoms with van der Waals surface area (Å²) in [4.78, 5) is 0.